The zero-order valence-corrected chi connectivity index (χ0v) is 16.0. The van der Waals surface area contributed by atoms with Gasteiger partial charge in [-0.25, -0.2) is 0 Å². The minimum atomic E-state index is -0.158. The molecule has 1 N–H and O–H groups in total. The van der Waals surface area contributed by atoms with Crippen LogP contribution >= 0.6 is 0 Å². The molecule has 0 radical (unpaired) electrons. The number of hydrazine groups is 1. The number of hydrogen-bond donors (Lipinski definition) is 1. The van der Waals surface area contributed by atoms with Crippen molar-refractivity contribution in [2.45, 2.75) is 39.5 Å². The highest BCUT2D eigenvalue weighted by Crippen LogP contribution is 2.16. The molecule has 4 heteroatoms. The lowest BCUT2D eigenvalue weighted by molar-refractivity contribution is -0.00388. The van der Waals surface area contributed by atoms with Crippen molar-refractivity contribution in [1.29, 1.82) is 0 Å². The van der Waals surface area contributed by atoms with Crippen LogP contribution in [-0.4, -0.2) is 28.8 Å². The van der Waals surface area contributed by atoms with Crippen LogP contribution in [0.3, 0.4) is 0 Å². The molecule has 0 aromatic heterocycles. The first kappa shape index (κ1) is 18.5. The van der Waals surface area contributed by atoms with Gasteiger partial charge in [0.25, 0.3) is 0 Å². The van der Waals surface area contributed by atoms with Crippen molar-refractivity contribution in [2.75, 3.05) is 13.3 Å². The molecule has 3 rings (SSSR count). The monoisotopic (exact) mass is 351 g/mol. The third-order valence-electron chi connectivity index (χ3n) is 4.10. The second kappa shape index (κ2) is 8.39. The zero-order valence-electron chi connectivity index (χ0n) is 16.0. The molecule has 0 atom stereocenters. The standard InChI is InChI=1S/C22H29N3O/c1-22(2,3)26-17-21-16-24(14-19-10-6-4-7-11-19)18-25(23-21)15-20-12-8-5-9-13-20/h4-13,16,23H,14-15,17-18H2,1-3H3. The fraction of sp³-hybridized carbons (Fsp3) is 0.364. The summed E-state index contributed by atoms with van der Waals surface area (Å²) >= 11 is 0. The summed E-state index contributed by atoms with van der Waals surface area (Å²) in [6, 6.07) is 21.1. The van der Waals surface area contributed by atoms with Gasteiger partial charge in [-0.05, 0) is 31.9 Å². The van der Waals surface area contributed by atoms with Gasteiger partial charge >= 0.3 is 0 Å². The van der Waals surface area contributed by atoms with Gasteiger partial charge in [0.05, 0.1) is 24.6 Å². The molecule has 1 heterocycles. The molecule has 0 saturated heterocycles. The van der Waals surface area contributed by atoms with Gasteiger partial charge in [-0.1, -0.05) is 60.7 Å². The lowest BCUT2D eigenvalue weighted by Gasteiger charge is -2.37. The van der Waals surface area contributed by atoms with E-state index >= 15 is 0 Å². The molecule has 0 aliphatic carbocycles. The van der Waals surface area contributed by atoms with Gasteiger partial charge in [0.2, 0.25) is 0 Å². The summed E-state index contributed by atoms with van der Waals surface area (Å²) in [5.41, 5.74) is 7.04. The smallest absolute Gasteiger partial charge is 0.0898 e. The van der Waals surface area contributed by atoms with Gasteiger partial charge in [-0.2, -0.15) is 5.01 Å². The predicted octanol–water partition coefficient (Wildman–Crippen LogP) is 4.12. The molecule has 26 heavy (non-hydrogen) atoms. The number of nitrogens with zero attached hydrogens (tertiary/aromatic N) is 2. The topological polar surface area (TPSA) is 27.7 Å². The van der Waals surface area contributed by atoms with Crippen molar-refractivity contribution in [3.63, 3.8) is 0 Å². The summed E-state index contributed by atoms with van der Waals surface area (Å²) in [6.07, 6.45) is 2.18. The number of hydrogen-bond acceptors (Lipinski definition) is 4. The summed E-state index contributed by atoms with van der Waals surface area (Å²) in [5, 5.41) is 2.24. The Morgan fingerprint density at radius 1 is 0.885 bits per heavy atom. The van der Waals surface area contributed by atoms with E-state index in [9.17, 15) is 0 Å². The van der Waals surface area contributed by atoms with E-state index in [-0.39, 0.29) is 5.60 Å². The highest BCUT2D eigenvalue weighted by atomic mass is 16.5. The SMILES string of the molecule is CC(C)(C)OCC1=CN(Cc2ccccc2)CN(Cc2ccccc2)N1. The molecule has 2 aromatic carbocycles. The Hall–Kier alpha value is -2.30. The fourth-order valence-electron chi connectivity index (χ4n) is 2.92. The lowest BCUT2D eigenvalue weighted by Crippen LogP contribution is -2.48. The van der Waals surface area contributed by atoms with E-state index in [1.807, 2.05) is 0 Å². The van der Waals surface area contributed by atoms with E-state index in [4.69, 9.17) is 4.74 Å². The molecule has 0 saturated carbocycles. The summed E-state index contributed by atoms with van der Waals surface area (Å²) in [6.45, 7) is 9.37. The summed E-state index contributed by atoms with van der Waals surface area (Å²) in [4.78, 5) is 2.33. The van der Waals surface area contributed by atoms with Crippen molar-refractivity contribution in [3.05, 3.63) is 83.7 Å². The van der Waals surface area contributed by atoms with Crippen molar-refractivity contribution in [1.82, 2.24) is 15.3 Å². The fourth-order valence-corrected chi connectivity index (χ4v) is 2.92. The number of ether oxygens (including phenoxy) is 1. The molecule has 0 bridgehead atoms. The number of rotatable bonds is 6. The van der Waals surface area contributed by atoms with Crippen LogP contribution in [0.4, 0.5) is 0 Å². The Labute approximate surface area is 157 Å². The Morgan fingerprint density at radius 3 is 2.04 bits per heavy atom. The van der Waals surface area contributed by atoms with Crippen LogP contribution in [0.25, 0.3) is 0 Å². The van der Waals surface area contributed by atoms with Crippen LogP contribution in [-0.2, 0) is 17.8 Å². The first-order valence-electron chi connectivity index (χ1n) is 9.16. The van der Waals surface area contributed by atoms with Gasteiger partial charge in [-0.15, -0.1) is 0 Å². The van der Waals surface area contributed by atoms with E-state index in [0.717, 1.165) is 25.5 Å². The summed E-state index contributed by atoms with van der Waals surface area (Å²) in [7, 11) is 0. The van der Waals surface area contributed by atoms with E-state index < -0.39 is 0 Å². The van der Waals surface area contributed by atoms with Crippen LogP contribution in [0.5, 0.6) is 0 Å². The average Bonchev–Trinajstić information content (AvgIpc) is 2.61. The molecule has 1 aliphatic rings. The van der Waals surface area contributed by atoms with Gasteiger partial charge in [0, 0.05) is 19.3 Å². The quantitative estimate of drug-likeness (QED) is 0.847. The summed E-state index contributed by atoms with van der Waals surface area (Å²) < 4.78 is 5.98. The molecule has 0 spiro atoms. The molecule has 2 aromatic rings. The van der Waals surface area contributed by atoms with Crippen molar-refractivity contribution in [3.8, 4) is 0 Å². The second-order valence-corrected chi connectivity index (χ2v) is 7.72. The van der Waals surface area contributed by atoms with E-state index in [2.05, 4.69) is 103 Å². The van der Waals surface area contributed by atoms with Crippen LogP contribution in [0.1, 0.15) is 31.9 Å². The lowest BCUT2D eigenvalue weighted by atomic mass is 10.2. The van der Waals surface area contributed by atoms with E-state index in [1.54, 1.807) is 0 Å². The highest BCUT2D eigenvalue weighted by molar-refractivity contribution is 5.17. The minimum Gasteiger partial charge on any atom is -0.370 e. The maximum atomic E-state index is 5.98. The van der Waals surface area contributed by atoms with Gasteiger partial charge in [-0.3, -0.25) is 0 Å². The molecule has 1 aliphatic heterocycles. The molecular formula is C22H29N3O. The first-order valence-corrected chi connectivity index (χ1v) is 9.16. The van der Waals surface area contributed by atoms with Gasteiger partial charge in [0.1, 0.15) is 0 Å². The molecule has 0 unspecified atom stereocenters. The van der Waals surface area contributed by atoms with Crippen molar-refractivity contribution < 1.29 is 4.74 Å². The number of nitrogens with one attached hydrogen (secondary N) is 1. The molecular weight excluding hydrogens is 322 g/mol. The second-order valence-electron chi connectivity index (χ2n) is 7.72. The molecule has 4 nitrogen and oxygen atoms in total. The van der Waals surface area contributed by atoms with Gasteiger partial charge < -0.3 is 15.1 Å². The highest BCUT2D eigenvalue weighted by Gasteiger charge is 2.19. The van der Waals surface area contributed by atoms with E-state index in [1.165, 1.54) is 11.1 Å². The number of benzene rings is 2. The van der Waals surface area contributed by atoms with Crippen LogP contribution in [0.2, 0.25) is 0 Å². The Kier molecular flexibility index (Phi) is 5.96. The zero-order chi connectivity index (χ0) is 18.4. The van der Waals surface area contributed by atoms with Crippen LogP contribution in [0, 0.1) is 0 Å². The Bertz CT molecular complexity index is 707. The predicted molar refractivity (Wildman–Crippen MR) is 106 cm³/mol. The normalized spacial score (nSPS) is 15.5. The largest absolute Gasteiger partial charge is 0.370 e. The summed E-state index contributed by atoms with van der Waals surface area (Å²) in [5.74, 6) is 0. The van der Waals surface area contributed by atoms with Crippen molar-refractivity contribution >= 4 is 0 Å². The molecule has 138 valence electrons. The van der Waals surface area contributed by atoms with E-state index in [0.29, 0.717) is 6.61 Å². The third kappa shape index (κ3) is 5.90. The van der Waals surface area contributed by atoms with Crippen molar-refractivity contribution in [2.24, 2.45) is 0 Å². The first-order chi connectivity index (χ1) is 12.5. The Morgan fingerprint density at radius 2 is 1.46 bits per heavy atom. The maximum Gasteiger partial charge on any atom is 0.0898 e. The average molecular weight is 351 g/mol. The minimum absolute atomic E-state index is 0.158. The maximum absolute atomic E-state index is 5.98. The van der Waals surface area contributed by atoms with Gasteiger partial charge in [0.15, 0.2) is 0 Å². The Balaban J connectivity index is 1.71. The molecule has 0 amide bonds. The molecule has 0 fully saturated rings. The van der Waals surface area contributed by atoms with Crippen LogP contribution < -0.4 is 5.43 Å². The third-order valence-corrected chi connectivity index (χ3v) is 4.10. The van der Waals surface area contributed by atoms with Crippen LogP contribution in [0.15, 0.2) is 72.6 Å².